The van der Waals surface area contributed by atoms with Gasteiger partial charge in [-0.05, 0) is 43.6 Å². The summed E-state index contributed by atoms with van der Waals surface area (Å²) in [5.74, 6) is -0.941. The van der Waals surface area contributed by atoms with Gasteiger partial charge in [0.25, 0.3) is 0 Å². The molecule has 1 N–H and O–H groups in total. The molecule has 0 heterocycles. The highest BCUT2D eigenvalue weighted by molar-refractivity contribution is 5.87. The molecule has 1 aliphatic rings. The molecule has 1 aromatic carbocycles. The van der Waals surface area contributed by atoms with Crippen LogP contribution in [0.25, 0.3) is 5.57 Å². The first-order valence-electron chi connectivity index (χ1n) is 6.80. The van der Waals surface area contributed by atoms with Gasteiger partial charge < -0.3 is 9.84 Å². The predicted molar refractivity (Wildman–Crippen MR) is 79.4 cm³/mol. The molecule has 0 fully saturated rings. The number of benzene rings is 1. The van der Waals surface area contributed by atoms with Gasteiger partial charge >= 0.3 is 5.97 Å². The van der Waals surface area contributed by atoms with Gasteiger partial charge in [-0.3, -0.25) is 0 Å². The van der Waals surface area contributed by atoms with Gasteiger partial charge in [0, 0.05) is 6.42 Å². The molecule has 1 aromatic rings. The molecule has 3 heteroatoms. The Balaban J connectivity index is 2.40. The van der Waals surface area contributed by atoms with Crippen molar-refractivity contribution in [2.75, 3.05) is 0 Å². The number of hydrogen-bond donors (Lipinski definition) is 1. The Hall–Kier alpha value is -1.87. The summed E-state index contributed by atoms with van der Waals surface area (Å²) in [5, 5.41) is 9.59. The minimum absolute atomic E-state index is 0.147. The number of hydrogen-bond acceptors (Lipinski definition) is 2. The number of ether oxygens (including phenoxy) is 1. The summed E-state index contributed by atoms with van der Waals surface area (Å²) in [6.07, 6.45) is 3.72. The Bertz CT molecular complexity index is 555. The minimum Gasteiger partial charge on any atom is -0.479 e. The lowest BCUT2D eigenvalue weighted by Gasteiger charge is -2.33. The molecule has 106 valence electrons. The van der Waals surface area contributed by atoms with Crippen molar-refractivity contribution < 1.29 is 14.6 Å². The van der Waals surface area contributed by atoms with Gasteiger partial charge in [-0.15, -0.1) is 0 Å². The Morgan fingerprint density at radius 1 is 1.30 bits per heavy atom. The van der Waals surface area contributed by atoms with Gasteiger partial charge in [-0.1, -0.05) is 36.4 Å². The van der Waals surface area contributed by atoms with Crippen molar-refractivity contribution in [3.63, 3.8) is 0 Å². The average molecular weight is 272 g/mol. The number of allylic oxidation sites excluding steroid dienone is 2. The first kappa shape index (κ1) is 14.5. The van der Waals surface area contributed by atoms with E-state index in [1.54, 1.807) is 6.08 Å². The molecule has 0 aromatic heterocycles. The largest absolute Gasteiger partial charge is 0.479 e. The predicted octanol–water partition coefficient (Wildman–Crippen LogP) is 3.67. The molecular formula is C17H20O3. The van der Waals surface area contributed by atoms with Crippen molar-refractivity contribution in [3.8, 4) is 0 Å². The van der Waals surface area contributed by atoms with E-state index in [0.29, 0.717) is 6.42 Å². The highest BCUT2D eigenvalue weighted by Gasteiger charge is 2.41. The van der Waals surface area contributed by atoms with Crippen LogP contribution >= 0.6 is 0 Å². The van der Waals surface area contributed by atoms with Gasteiger partial charge in [-0.2, -0.15) is 0 Å². The molecule has 0 amide bonds. The monoisotopic (exact) mass is 272 g/mol. The van der Waals surface area contributed by atoms with Crippen LogP contribution in [0.1, 0.15) is 32.8 Å². The summed E-state index contributed by atoms with van der Waals surface area (Å²) in [7, 11) is 0. The molecular weight excluding hydrogens is 252 g/mol. The molecule has 0 spiro atoms. The van der Waals surface area contributed by atoms with E-state index in [-0.39, 0.29) is 6.10 Å². The summed E-state index contributed by atoms with van der Waals surface area (Å²) in [6, 6.07) is 9.87. The summed E-state index contributed by atoms with van der Waals surface area (Å²) in [4.78, 5) is 11.7. The van der Waals surface area contributed by atoms with Gasteiger partial charge in [0.1, 0.15) is 0 Å². The Morgan fingerprint density at radius 3 is 2.50 bits per heavy atom. The van der Waals surface area contributed by atoms with Crippen LogP contribution in [0, 0.1) is 0 Å². The maximum absolute atomic E-state index is 11.7. The Morgan fingerprint density at radius 2 is 1.95 bits per heavy atom. The fourth-order valence-corrected chi connectivity index (χ4v) is 2.49. The highest BCUT2D eigenvalue weighted by Crippen LogP contribution is 2.36. The second-order valence-corrected chi connectivity index (χ2v) is 5.40. The summed E-state index contributed by atoms with van der Waals surface area (Å²) >= 11 is 0. The normalized spacial score (nSPS) is 22.4. The first-order valence-corrected chi connectivity index (χ1v) is 6.80. The number of carboxylic acids is 1. The van der Waals surface area contributed by atoms with Gasteiger partial charge in [-0.25, -0.2) is 4.79 Å². The third-order valence-electron chi connectivity index (χ3n) is 3.45. The fourth-order valence-electron chi connectivity index (χ4n) is 2.49. The molecule has 0 saturated heterocycles. The lowest BCUT2D eigenvalue weighted by Crippen LogP contribution is -2.43. The topological polar surface area (TPSA) is 46.5 Å². The van der Waals surface area contributed by atoms with Crippen molar-refractivity contribution in [1.82, 2.24) is 0 Å². The van der Waals surface area contributed by atoms with E-state index in [0.717, 1.165) is 16.7 Å². The molecule has 0 radical (unpaired) electrons. The Kier molecular flexibility index (Phi) is 4.09. The molecule has 0 aliphatic heterocycles. The molecule has 20 heavy (non-hydrogen) atoms. The van der Waals surface area contributed by atoms with Crippen LogP contribution in [0.4, 0.5) is 0 Å². The summed E-state index contributed by atoms with van der Waals surface area (Å²) in [6.45, 7) is 5.71. The van der Waals surface area contributed by atoms with Crippen LogP contribution in [0.3, 0.4) is 0 Å². The number of rotatable bonds is 4. The lowest BCUT2D eigenvalue weighted by molar-refractivity contribution is -0.163. The van der Waals surface area contributed by atoms with Crippen molar-refractivity contribution >= 4 is 11.5 Å². The van der Waals surface area contributed by atoms with Crippen LogP contribution in [-0.2, 0) is 9.53 Å². The van der Waals surface area contributed by atoms with Crippen LogP contribution in [0.2, 0.25) is 0 Å². The minimum atomic E-state index is -1.27. The third-order valence-corrected chi connectivity index (χ3v) is 3.45. The molecule has 1 unspecified atom stereocenters. The van der Waals surface area contributed by atoms with Crippen LogP contribution in [0.5, 0.6) is 0 Å². The van der Waals surface area contributed by atoms with E-state index < -0.39 is 11.6 Å². The van der Waals surface area contributed by atoms with E-state index in [9.17, 15) is 9.90 Å². The SMILES string of the molecule is CC1=C(c2ccccc2)CC(OC(C)C)(C(=O)O)C=C1. The number of aliphatic carboxylic acids is 1. The summed E-state index contributed by atoms with van der Waals surface area (Å²) < 4.78 is 5.72. The summed E-state index contributed by atoms with van der Waals surface area (Å²) in [5.41, 5.74) is 1.89. The second kappa shape index (κ2) is 5.63. The van der Waals surface area contributed by atoms with Gasteiger partial charge in [0.05, 0.1) is 6.10 Å². The maximum Gasteiger partial charge on any atom is 0.340 e. The van der Waals surface area contributed by atoms with Crippen molar-refractivity contribution in [1.29, 1.82) is 0 Å². The van der Waals surface area contributed by atoms with Crippen LogP contribution in [-0.4, -0.2) is 22.8 Å². The van der Waals surface area contributed by atoms with Crippen molar-refractivity contribution in [2.24, 2.45) is 0 Å². The Labute approximate surface area is 119 Å². The maximum atomic E-state index is 11.7. The smallest absolute Gasteiger partial charge is 0.340 e. The van der Waals surface area contributed by atoms with Crippen LogP contribution < -0.4 is 0 Å². The van der Waals surface area contributed by atoms with Crippen molar-refractivity contribution in [3.05, 3.63) is 53.6 Å². The number of carboxylic acid groups (broad SMARTS) is 1. The molecule has 1 aliphatic carbocycles. The average Bonchev–Trinajstić information content (AvgIpc) is 2.41. The third kappa shape index (κ3) is 2.83. The quantitative estimate of drug-likeness (QED) is 0.909. The molecule has 0 bridgehead atoms. The number of carbonyl (C=O) groups is 1. The van der Waals surface area contributed by atoms with Gasteiger partial charge in [0.2, 0.25) is 0 Å². The zero-order valence-electron chi connectivity index (χ0n) is 12.1. The molecule has 1 atom stereocenters. The van der Waals surface area contributed by atoms with E-state index in [1.165, 1.54) is 0 Å². The van der Waals surface area contributed by atoms with Crippen molar-refractivity contribution in [2.45, 2.75) is 38.9 Å². The molecule has 2 rings (SSSR count). The first-order chi connectivity index (χ1) is 9.44. The second-order valence-electron chi connectivity index (χ2n) is 5.40. The van der Waals surface area contributed by atoms with E-state index in [1.807, 2.05) is 57.2 Å². The molecule has 0 saturated carbocycles. The van der Waals surface area contributed by atoms with E-state index in [2.05, 4.69) is 0 Å². The lowest BCUT2D eigenvalue weighted by atomic mass is 9.83. The molecule has 3 nitrogen and oxygen atoms in total. The standard InChI is InChI=1S/C17H20O3/c1-12(2)20-17(16(18)19)10-9-13(3)15(11-17)14-7-5-4-6-8-14/h4-10,12H,11H2,1-3H3,(H,18,19). The van der Waals surface area contributed by atoms with E-state index in [4.69, 9.17) is 4.74 Å². The highest BCUT2D eigenvalue weighted by atomic mass is 16.5. The zero-order valence-corrected chi connectivity index (χ0v) is 12.1. The zero-order chi connectivity index (χ0) is 14.8. The van der Waals surface area contributed by atoms with Gasteiger partial charge in [0.15, 0.2) is 5.60 Å². The van der Waals surface area contributed by atoms with E-state index >= 15 is 0 Å². The van der Waals surface area contributed by atoms with Crippen LogP contribution in [0.15, 0.2) is 48.1 Å². The fraction of sp³-hybridized carbons (Fsp3) is 0.353.